The maximum Gasteiger partial charge on any atom is 0.417 e. The van der Waals surface area contributed by atoms with Gasteiger partial charge in [-0.1, -0.05) is 295 Å². The van der Waals surface area contributed by atoms with E-state index < -0.39 is 75.5 Å². The molecule has 0 bridgehead atoms. The summed E-state index contributed by atoms with van der Waals surface area (Å²) in [5, 5.41) is 13.8. The van der Waals surface area contributed by atoms with Crippen LogP contribution in [-0.2, 0) is 37.5 Å². The number of halogens is 12. The zero-order valence-corrected chi connectivity index (χ0v) is 74.6. The number of aryl methyl sites for hydroxylation is 7. The van der Waals surface area contributed by atoms with Gasteiger partial charge in [-0.3, -0.25) is 0 Å². The van der Waals surface area contributed by atoms with E-state index in [1.807, 2.05) is 271 Å². The summed E-state index contributed by atoms with van der Waals surface area (Å²) in [7, 11) is 0. The van der Waals surface area contributed by atoms with Crippen molar-refractivity contribution in [2.24, 2.45) is 0 Å². The third kappa shape index (κ3) is 15.3. The van der Waals surface area contributed by atoms with Crippen LogP contribution >= 0.6 is 0 Å². The number of alkyl halides is 12. The molecule has 18 aromatic carbocycles. The second kappa shape index (κ2) is 33.1. The van der Waals surface area contributed by atoms with Crippen molar-refractivity contribution < 1.29 is 52.7 Å². The lowest BCUT2D eigenvalue weighted by atomic mass is 9.74. The van der Waals surface area contributed by atoms with Crippen molar-refractivity contribution in [3.05, 3.63) is 464 Å². The Balaban J connectivity index is 0.663. The minimum Gasteiger partial charge on any atom is -0.308 e. The van der Waals surface area contributed by atoms with Gasteiger partial charge in [-0.25, -0.2) is 0 Å². The predicted molar refractivity (Wildman–Crippen MR) is 527 cm³/mol. The molecule has 20 aromatic rings. The number of nitriles is 1. The molecule has 0 spiro atoms. The molecule has 3 nitrogen and oxygen atoms in total. The number of aromatic nitrogens is 2. The molecule has 2 aliphatic rings. The van der Waals surface area contributed by atoms with Gasteiger partial charge < -0.3 is 9.13 Å². The minimum absolute atomic E-state index is 0.0288. The van der Waals surface area contributed by atoms with Gasteiger partial charge in [0.25, 0.3) is 0 Å². The summed E-state index contributed by atoms with van der Waals surface area (Å²) >= 11 is 0. The van der Waals surface area contributed by atoms with Gasteiger partial charge in [0.1, 0.15) is 0 Å². The van der Waals surface area contributed by atoms with Crippen LogP contribution in [0.5, 0.6) is 0 Å². The number of nitrogens with zero attached hydrogens (tertiary/aromatic N) is 3. The third-order valence-corrected chi connectivity index (χ3v) is 27.5. The van der Waals surface area contributed by atoms with Crippen molar-refractivity contribution in [3.63, 3.8) is 0 Å². The maximum atomic E-state index is 16.7. The molecule has 15 heteroatoms. The van der Waals surface area contributed by atoms with E-state index >= 15 is 52.7 Å². The van der Waals surface area contributed by atoms with Crippen LogP contribution in [0.1, 0.15) is 112 Å². The molecule has 0 saturated heterocycles. The monoisotopic (exact) mass is 1820 g/mol. The molecule has 2 aliphatic carbocycles. The molecule has 137 heavy (non-hydrogen) atoms. The fraction of sp³-hybridized carbons (Fsp3) is 0.107. The van der Waals surface area contributed by atoms with Gasteiger partial charge in [0.15, 0.2) is 0 Å². The van der Waals surface area contributed by atoms with E-state index in [-0.39, 0.29) is 28.1 Å². The van der Waals surface area contributed by atoms with Gasteiger partial charge >= 0.3 is 24.7 Å². The molecule has 2 aromatic heterocycles. The number of para-hydroxylation sites is 2. The Bertz CT molecular complexity index is 8290. The molecule has 2 heterocycles. The second-order valence-corrected chi connectivity index (χ2v) is 36.4. The second-order valence-electron chi connectivity index (χ2n) is 36.4. The van der Waals surface area contributed by atoms with Gasteiger partial charge in [-0.2, -0.15) is 57.9 Å². The zero-order chi connectivity index (χ0) is 94.6. The standard InChI is InChI=1S/C122H81F12N3/c1-69-18-10-24-77(52-69)83-40-46-89-90-47-41-84(78-25-11-19-70(2)53-78)65-98(90)113(97(89)64-83)101-56-73(5)57-102(115(101)116-103(119(123,124)125)32-16-33-104(116)120(126,127)128)114-99-66-85(79-26-12-20-71(3)54-79)42-48-91(99)92-49-43-86(67-100(92)114)81-28-14-22-74(58-81)38-39-75-23-15-29-82(59-75)88-45-51-110-96(63-88)94-31-7-9-37-108(94)137(110)112-61-76(68-135)60-111(118(112)117-105(121(129,130)131)34-17-35-106(117)122(132,133)134)136-107-36-8-6-30-93(107)95-62-87(44-50-109(95)136)80-27-13-21-72(4)55-80/h6-37,40-67,113-114H,38-39H2,1-5H3. The van der Waals surface area contributed by atoms with E-state index in [1.165, 1.54) is 12.1 Å². The Morgan fingerprint density at radius 2 is 0.511 bits per heavy atom. The van der Waals surface area contributed by atoms with E-state index in [0.29, 0.717) is 90.8 Å². The number of hydrogen-bond donors (Lipinski definition) is 0. The van der Waals surface area contributed by atoms with E-state index in [2.05, 4.69) is 60.7 Å². The van der Waals surface area contributed by atoms with Crippen molar-refractivity contribution in [2.45, 2.75) is 84.0 Å². The first-order valence-corrected chi connectivity index (χ1v) is 45.3. The normalized spacial score (nSPS) is 13.2. The van der Waals surface area contributed by atoms with Crippen LogP contribution in [0, 0.1) is 45.9 Å². The van der Waals surface area contributed by atoms with Crippen LogP contribution in [-0.4, -0.2) is 9.13 Å². The highest BCUT2D eigenvalue weighted by Crippen LogP contribution is 2.61. The fourth-order valence-electron chi connectivity index (χ4n) is 21.6. The Labute approximate surface area is 782 Å². The van der Waals surface area contributed by atoms with Gasteiger partial charge in [0.2, 0.25) is 0 Å². The topological polar surface area (TPSA) is 33.6 Å². The van der Waals surface area contributed by atoms with Crippen LogP contribution in [0.25, 0.3) is 166 Å². The lowest BCUT2D eigenvalue weighted by molar-refractivity contribution is -0.143. The summed E-state index contributed by atoms with van der Waals surface area (Å²) in [6.45, 7) is 9.83. The van der Waals surface area contributed by atoms with Crippen LogP contribution in [0.15, 0.2) is 364 Å². The molecule has 0 saturated carbocycles. The highest BCUT2D eigenvalue weighted by Gasteiger charge is 2.47. The van der Waals surface area contributed by atoms with E-state index in [0.717, 1.165) is 158 Å². The number of benzene rings is 18. The molecule has 0 aliphatic heterocycles. The molecule has 0 amide bonds. The van der Waals surface area contributed by atoms with Crippen molar-refractivity contribution in [1.29, 1.82) is 5.26 Å². The molecule has 1 atom stereocenters. The third-order valence-electron chi connectivity index (χ3n) is 27.5. The summed E-state index contributed by atoms with van der Waals surface area (Å²) in [5.74, 6) is -1.87. The maximum absolute atomic E-state index is 16.7. The van der Waals surface area contributed by atoms with Crippen LogP contribution in [0.2, 0.25) is 0 Å². The summed E-state index contributed by atoms with van der Waals surface area (Å²) in [6.07, 6.45) is -20.1. The fourth-order valence-corrected chi connectivity index (χ4v) is 21.6. The van der Waals surface area contributed by atoms with E-state index in [4.69, 9.17) is 0 Å². The van der Waals surface area contributed by atoms with Crippen LogP contribution in [0.4, 0.5) is 52.7 Å². The van der Waals surface area contributed by atoms with Gasteiger partial charge in [0, 0.05) is 50.1 Å². The average Bonchev–Trinajstić information content (AvgIpc) is 1.59. The van der Waals surface area contributed by atoms with Crippen molar-refractivity contribution in [3.8, 4) is 129 Å². The Hall–Kier alpha value is -15.8. The molecule has 0 fully saturated rings. The summed E-state index contributed by atoms with van der Waals surface area (Å²) in [4.78, 5) is 0. The lowest BCUT2D eigenvalue weighted by Gasteiger charge is -2.30. The molecular formula is C122H81F12N3. The molecule has 22 rings (SSSR count). The lowest BCUT2D eigenvalue weighted by Crippen LogP contribution is -2.17. The van der Waals surface area contributed by atoms with Crippen LogP contribution < -0.4 is 0 Å². The molecule has 0 radical (unpaired) electrons. The predicted octanol–water partition coefficient (Wildman–Crippen LogP) is 34.8. The first-order chi connectivity index (χ1) is 65.9. The molecule has 668 valence electrons. The number of fused-ring (bicyclic) bond motifs is 12. The first-order valence-electron chi connectivity index (χ1n) is 45.3. The Kier molecular flexibility index (Phi) is 20.9. The highest BCUT2D eigenvalue weighted by molar-refractivity contribution is 6.14. The van der Waals surface area contributed by atoms with Gasteiger partial charge in [-0.15, -0.1) is 0 Å². The Morgan fingerprint density at radius 1 is 0.234 bits per heavy atom. The van der Waals surface area contributed by atoms with E-state index in [9.17, 15) is 5.26 Å². The summed E-state index contributed by atoms with van der Waals surface area (Å²) < 4.78 is 200. The van der Waals surface area contributed by atoms with Crippen molar-refractivity contribution in [1.82, 2.24) is 9.13 Å². The molecule has 0 N–H and O–H groups in total. The largest absolute Gasteiger partial charge is 0.417 e. The SMILES string of the molecule is Cc1cccc(-c2ccc3c(c2)C(c2cc(C)cc(C4c5cc(-c6cccc(C)c6)ccc5-c5ccc(-c6cccc(CCc7cccc(-c8ccc9c(c8)c8ccccc8n9-c8cc(C#N)cc(-n9c%10ccccc%10c%10cc(-c%11cccc(C)c%11)ccc%109)c8-c8c(C(F)(F)F)cccc8C(F)(F)F)c7)c6)cc54)c2-c2c(C(F)(F)F)cccc2C(F)(F)F)c2cc(-c4cccc(C)c4)ccc2-3)c1. The first kappa shape index (κ1) is 86.6. The van der Waals surface area contributed by atoms with Crippen LogP contribution in [0.3, 0.4) is 0 Å². The molecule has 1 unspecified atom stereocenters. The summed E-state index contributed by atoms with van der Waals surface area (Å²) in [5.41, 5.74) is 16.3. The molecular weight excluding hydrogens is 1740 g/mol. The van der Waals surface area contributed by atoms with E-state index in [1.54, 1.807) is 33.4 Å². The minimum atomic E-state index is -5.31. The number of hydrogen-bond acceptors (Lipinski definition) is 1. The smallest absolute Gasteiger partial charge is 0.308 e. The average molecular weight is 1820 g/mol. The number of rotatable bonds is 15. The van der Waals surface area contributed by atoms with Crippen molar-refractivity contribution >= 4 is 43.6 Å². The zero-order valence-electron chi connectivity index (χ0n) is 74.6. The quantitative estimate of drug-likeness (QED) is 0.0942. The Morgan fingerprint density at radius 3 is 0.832 bits per heavy atom. The van der Waals surface area contributed by atoms with Gasteiger partial charge in [0.05, 0.1) is 67.3 Å². The highest BCUT2D eigenvalue weighted by atomic mass is 19.4. The van der Waals surface area contributed by atoms with Gasteiger partial charge in [-0.05, 0) is 284 Å². The summed E-state index contributed by atoms with van der Waals surface area (Å²) in [6, 6.07) is 111. The van der Waals surface area contributed by atoms with Crippen molar-refractivity contribution in [2.75, 3.05) is 0 Å².